The molecule has 6 nitrogen and oxygen atoms in total. The van der Waals surface area contributed by atoms with Crippen molar-refractivity contribution in [2.24, 2.45) is 0 Å². The average Bonchev–Trinajstić information content (AvgIpc) is 2.72. The molecule has 0 atom stereocenters. The number of ketones is 1. The summed E-state index contributed by atoms with van der Waals surface area (Å²) in [7, 11) is 1.58. The predicted octanol–water partition coefficient (Wildman–Crippen LogP) is 4.06. The minimum atomic E-state index is -0.136. The van der Waals surface area contributed by atoms with E-state index in [9.17, 15) is 14.4 Å². The van der Waals surface area contributed by atoms with Crippen LogP contribution in [0.15, 0.2) is 48.5 Å². The number of anilines is 1. The van der Waals surface area contributed by atoms with Crippen LogP contribution in [-0.2, 0) is 16.1 Å². The molecule has 0 saturated carbocycles. The molecule has 1 N–H and O–H groups in total. The number of carbonyl (C=O) groups excluding carboxylic acids is 3. The van der Waals surface area contributed by atoms with Gasteiger partial charge in [-0.3, -0.25) is 14.4 Å². The first-order valence-corrected chi connectivity index (χ1v) is 9.74. The van der Waals surface area contributed by atoms with Crippen LogP contribution in [-0.4, -0.2) is 36.2 Å². The molecule has 0 aromatic heterocycles. The van der Waals surface area contributed by atoms with E-state index in [1.54, 1.807) is 43.2 Å². The van der Waals surface area contributed by atoms with Gasteiger partial charge in [0.1, 0.15) is 5.75 Å². The van der Waals surface area contributed by atoms with Crippen molar-refractivity contribution in [3.63, 3.8) is 0 Å². The predicted molar refractivity (Wildman–Crippen MR) is 113 cm³/mol. The lowest BCUT2D eigenvalue weighted by molar-refractivity contribution is -0.129. The second kappa shape index (κ2) is 11.0. The van der Waals surface area contributed by atoms with Crippen molar-refractivity contribution >= 4 is 23.3 Å². The highest BCUT2D eigenvalue weighted by atomic mass is 16.5. The Morgan fingerprint density at radius 3 is 2.38 bits per heavy atom. The number of Topliss-reactive ketones (excluding diaryl/α,β-unsaturated/α-hetero) is 1. The molecule has 0 aliphatic heterocycles. The molecular formula is C23H28N2O4. The minimum Gasteiger partial charge on any atom is -0.497 e. The SMILES string of the molecule is CCN(Cc1cccc(NC(=O)CCCC(=O)c2ccc(OC)cc2)c1)C(C)=O. The number of carbonyl (C=O) groups is 3. The van der Waals surface area contributed by atoms with Crippen LogP contribution in [0.4, 0.5) is 5.69 Å². The van der Waals surface area contributed by atoms with Gasteiger partial charge in [-0.05, 0) is 55.3 Å². The van der Waals surface area contributed by atoms with Gasteiger partial charge in [-0.1, -0.05) is 12.1 Å². The highest BCUT2D eigenvalue weighted by Crippen LogP contribution is 2.16. The van der Waals surface area contributed by atoms with Crippen LogP contribution in [0.3, 0.4) is 0 Å². The number of benzene rings is 2. The zero-order valence-electron chi connectivity index (χ0n) is 17.2. The first-order valence-electron chi connectivity index (χ1n) is 9.74. The van der Waals surface area contributed by atoms with Gasteiger partial charge in [0.2, 0.25) is 11.8 Å². The Labute approximate surface area is 171 Å². The highest BCUT2D eigenvalue weighted by molar-refractivity contribution is 5.97. The van der Waals surface area contributed by atoms with Crippen molar-refractivity contribution in [1.29, 1.82) is 0 Å². The molecule has 0 saturated heterocycles. The zero-order valence-corrected chi connectivity index (χ0v) is 17.2. The molecule has 2 rings (SSSR count). The van der Waals surface area contributed by atoms with Crippen LogP contribution in [0.2, 0.25) is 0 Å². The third-order valence-electron chi connectivity index (χ3n) is 4.63. The fraction of sp³-hybridized carbons (Fsp3) is 0.348. The van der Waals surface area contributed by atoms with Gasteiger partial charge in [0.25, 0.3) is 0 Å². The fourth-order valence-corrected chi connectivity index (χ4v) is 2.97. The summed E-state index contributed by atoms with van der Waals surface area (Å²) in [5.74, 6) is 0.590. The normalized spacial score (nSPS) is 10.3. The van der Waals surface area contributed by atoms with Crippen molar-refractivity contribution in [1.82, 2.24) is 4.90 Å². The summed E-state index contributed by atoms with van der Waals surface area (Å²) in [5, 5.41) is 2.86. The fourth-order valence-electron chi connectivity index (χ4n) is 2.97. The maximum absolute atomic E-state index is 12.2. The van der Waals surface area contributed by atoms with E-state index in [4.69, 9.17) is 4.74 Å². The Bertz CT molecular complexity index is 846. The summed E-state index contributed by atoms with van der Waals surface area (Å²) in [4.78, 5) is 37.7. The van der Waals surface area contributed by atoms with E-state index >= 15 is 0 Å². The number of hydrogen-bond donors (Lipinski definition) is 1. The lowest BCUT2D eigenvalue weighted by Gasteiger charge is -2.19. The van der Waals surface area contributed by atoms with Gasteiger partial charge in [0, 0.05) is 44.1 Å². The summed E-state index contributed by atoms with van der Waals surface area (Å²) in [6, 6.07) is 14.4. The summed E-state index contributed by atoms with van der Waals surface area (Å²) in [5.41, 5.74) is 2.26. The van der Waals surface area contributed by atoms with E-state index in [1.165, 1.54) is 0 Å². The van der Waals surface area contributed by atoms with Gasteiger partial charge >= 0.3 is 0 Å². The molecule has 2 amide bonds. The number of amides is 2. The third-order valence-corrected chi connectivity index (χ3v) is 4.63. The molecule has 0 aliphatic carbocycles. The smallest absolute Gasteiger partial charge is 0.224 e. The van der Waals surface area contributed by atoms with E-state index in [1.807, 2.05) is 31.2 Å². The Kier molecular flexibility index (Phi) is 8.40. The summed E-state index contributed by atoms with van der Waals surface area (Å²) >= 11 is 0. The molecule has 0 bridgehead atoms. The van der Waals surface area contributed by atoms with Crippen LogP contribution >= 0.6 is 0 Å². The highest BCUT2D eigenvalue weighted by Gasteiger charge is 2.10. The van der Waals surface area contributed by atoms with Gasteiger partial charge in [0.05, 0.1) is 7.11 Å². The third kappa shape index (κ3) is 7.07. The summed E-state index contributed by atoms with van der Waals surface area (Å²) < 4.78 is 5.08. The number of methoxy groups -OCH3 is 1. The molecule has 2 aromatic carbocycles. The van der Waals surface area contributed by atoms with Crippen LogP contribution in [0.1, 0.15) is 49.0 Å². The number of hydrogen-bond acceptors (Lipinski definition) is 4. The molecule has 0 aliphatic rings. The van der Waals surface area contributed by atoms with Crippen molar-refractivity contribution in [3.05, 3.63) is 59.7 Å². The number of nitrogens with one attached hydrogen (secondary N) is 1. The zero-order chi connectivity index (χ0) is 21.2. The number of ether oxygens (including phenoxy) is 1. The monoisotopic (exact) mass is 396 g/mol. The maximum Gasteiger partial charge on any atom is 0.224 e. The molecule has 0 heterocycles. The standard InChI is InChI=1S/C23H28N2O4/c1-4-25(17(2)26)16-18-7-5-8-20(15-18)24-23(28)10-6-9-22(27)19-11-13-21(29-3)14-12-19/h5,7-8,11-15H,4,6,9-10,16H2,1-3H3,(H,24,28). The van der Waals surface area contributed by atoms with E-state index in [-0.39, 0.29) is 24.0 Å². The molecular weight excluding hydrogens is 368 g/mol. The average molecular weight is 396 g/mol. The van der Waals surface area contributed by atoms with Gasteiger partial charge in [-0.15, -0.1) is 0 Å². The topological polar surface area (TPSA) is 75.7 Å². The van der Waals surface area contributed by atoms with Crippen molar-refractivity contribution < 1.29 is 19.1 Å². The minimum absolute atomic E-state index is 0.00587. The van der Waals surface area contributed by atoms with Crippen LogP contribution in [0.25, 0.3) is 0 Å². The van der Waals surface area contributed by atoms with Crippen molar-refractivity contribution in [2.75, 3.05) is 19.0 Å². The van der Waals surface area contributed by atoms with E-state index in [0.29, 0.717) is 42.9 Å². The van der Waals surface area contributed by atoms with Crippen molar-refractivity contribution in [2.45, 2.75) is 39.7 Å². The van der Waals surface area contributed by atoms with E-state index in [2.05, 4.69) is 5.32 Å². The lowest BCUT2D eigenvalue weighted by atomic mass is 10.1. The number of rotatable bonds is 10. The summed E-state index contributed by atoms with van der Waals surface area (Å²) in [6.45, 7) is 4.61. The van der Waals surface area contributed by atoms with Gasteiger partial charge in [0.15, 0.2) is 5.78 Å². The Morgan fingerprint density at radius 2 is 1.76 bits per heavy atom. The van der Waals surface area contributed by atoms with Gasteiger partial charge in [-0.25, -0.2) is 0 Å². The first-order chi connectivity index (χ1) is 13.9. The van der Waals surface area contributed by atoms with Gasteiger partial charge in [-0.2, -0.15) is 0 Å². The molecule has 0 unspecified atom stereocenters. The van der Waals surface area contributed by atoms with Crippen LogP contribution in [0, 0.1) is 0 Å². The largest absolute Gasteiger partial charge is 0.497 e. The van der Waals surface area contributed by atoms with Gasteiger partial charge < -0.3 is 15.0 Å². The molecule has 2 aromatic rings. The second-order valence-corrected chi connectivity index (χ2v) is 6.79. The summed E-state index contributed by atoms with van der Waals surface area (Å²) in [6.07, 6.45) is 1.05. The molecule has 0 fully saturated rings. The first kappa shape index (κ1) is 22.1. The van der Waals surface area contributed by atoms with E-state index < -0.39 is 0 Å². The Balaban J connectivity index is 1.82. The molecule has 0 spiro atoms. The molecule has 29 heavy (non-hydrogen) atoms. The Morgan fingerprint density at radius 1 is 1.03 bits per heavy atom. The lowest BCUT2D eigenvalue weighted by Crippen LogP contribution is -2.27. The van der Waals surface area contributed by atoms with Crippen LogP contribution in [0.5, 0.6) is 5.75 Å². The van der Waals surface area contributed by atoms with Crippen molar-refractivity contribution in [3.8, 4) is 5.75 Å². The molecule has 0 radical (unpaired) electrons. The maximum atomic E-state index is 12.2. The molecule has 6 heteroatoms. The quantitative estimate of drug-likeness (QED) is 0.615. The van der Waals surface area contributed by atoms with E-state index in [0.717, 1.165) is 5.56 Å². The Hall–Kier alpha value is -3.15. The molecule has 154 valence electrons. The van der Waals surface area contributed by atoms with Crippen LogP contribution < -0.4 is 10.1 Å². The number of nitrogens with zero attached hydrogens (tertiary/aromatic N) is 1. The second-order valence-electron chi connectivity index (χ2n) is 6.79.